The molecule has 8 heteroatoms. The summed E-state index contributed by atoms with van der Waals surface area (Å²) < 4.78 is 4.76. The van der Waals surface area contributed by atoms with Crippen molar-refractivity contribution in [2.45, 2.75) is 40.0 Å². The molecular weight excluding hydrogens is 354 g/mol. The molecule has 2 amide bonds. The molecular formula is C18H25N3O4S. The summed E-state index contributed by atoms with van der Waals surface area (Å²) in [6.07, 6.45) is 0.469. The van der Waals surface area contributed by atoms with Crippen LogP contribution >= 0.6 is 12.2 Å². The number of esters is 1. The molecule has 0 bridgehead atoms. The molecule has 7 nitrogen and oxygen atoms in total. The summed E-state index contributed by atoms with van der Waals surface area (Å²) in [4.78, 5) is 34.7. The Morgan fingerprint density at radius 3 is 2.12 bits per heavy atom. The summed E-state index contributed by atoms with van der Waals surface area (Å²) in [5.74, 6) is -0.532. The van der Waals surface area contributed by atoms with Crippen molar-refractivity contribution in [2.24, 2.45) is 5.92 Å². The van der Waals surface area contributed by atoms with E-state index in [1.54, 1.807) is 31.2 Å². The fraction of sp³-hybridized carbons (Fsp3) is 0.444. The van der Waals surface area contributed by atoms with Gasteiger partial charge in [-0.2, -0.15) is 0 Å². The van der Waals surface area contributed by atoms with E-state index in [-0.39, 0.29) is 36.4 Å². The highest BCUT2D eigenvalue weighted by Gasteiger charge is 2.09. The third-order valence-electron chi connectivity index (χ3n) is 3.13. The van der Waals surface area contributed by atoms with Crippen molar-refractivity contribution in [3.05, 3.63) is 24.3 Å². The quantitative estimate of drug-likeness (QED) is 0.475. The largest absolute Gasteiger partial charge is 0.466 e. The zero-order chi connectivity index (χ0) is 19.5. The number of carbonyl (C=O) groups excluding carboxylic acids is 3. The van der Waals surface area contributed by atoms with Gasteiger partial charge in [-0.25, -0.2) is 0 Å². The highest BCUT2D eigenvalue weighted by molar-refractivity contribution is 7.80. The van der Waals surface area contributed by atoms with Gasteiger partial charge in [0.2, 0.25) is 11.8 Å². The molecule has 0 aliphatic carbocycles. The monoisotopic (exact) mass is 379 g/mol. The Morgan fingerprint density at radius 1 is 1.00 bits per heavy atom. The van der Waals surface area contributed by atoms with Gasteiger partial charge in [0, 0.05) is 24.2 Å². The lowest BCUT2D eigenvalue weighted by atomic mass is 10.1. The lowest BCUT2D eigenvalue weighted by Crippen LogP contribution is -2.34. The second-order valence-corrected chi connectivity index (χ2v) is 6.44. The van der Waals surface area contributed by atoms with E-state index in [2.05, 4.69) is 16.0 Å². The van der Waals surface area contributed by atoms with Crippen molar-refractivity contribution in [1.29, 1.82) is 0 Å². The molecule has 0 saturated carbocycles. The van der Waals surface area contributed by atoms with Crippen LogP contribution in [-0.2, 0) is 19.1 Å². The number of hydrogen-bond acceptors (Lipinski definition) is 5. The molecule has 0 unspecified atom stereocenters. The van der Waals surface area contributed by atoms with E-state index in [9.17, 15) is 14.4 Å². The number of rotatable bonds is 8. The van der Waals surface area contributed by atoms with Crippen molar-refractivity contribution in [1.82, 2.24) is 5.32 Å². The zero-order valence-corrected chi connectivity index (χ0v) is 16.1. The third kappa shape index (κ3) is 9.12. The molecule has 0 radical (unpaired) electrons. The Bertz CT molecular complexity index is 644. The van der Waals surface area contributed by atoms with Crippen molar-refractivity contribution in [2.75, 3.05) is 17.2 Å². The second-order valence-electron chi connectivity index (χ2n) is 6.03. The maximum absolute atomic E-state index is 11.7. The van der Waals surface area contributed by atoms with Crippen LogP contribution in [0.5, 0.6) is 0 Å². The highest BCUT2D eigenvalue weighted by atomic mass is 32.1. The van der Waals surface area contributed by atoms with E-state index in [1.165, 1.54) is 0 Å². The molecule has 3 N–H and O–H groups in total. The number of amides is 2. The molecule has 0 heterocycles. The standard InChI is InChI=1S/C18H25N3O4S/c1-4-25-17(24)10-9-15(22)21-18(26)20-14-7-5-13(6-8-14)19-16(23)11-12(2)3/h5-8,12H,4,9-11H2,1-3H3,(H,19,23)(H2,20,21,22,26). The fourth-order valence-electron chi connectivity index (χ4n) is 2.02. The first-order valence-electron chi connectivity index (χ1n) is 8.46. The lowest BCUT2D eigenvalue weighted by molar-refractivity contribution is -0.144. The van der Waals surface area contributed by atoms with Crippen LogP contribution < -0.4 is 16.0 Å². The van der Waals surface area contributed by atoms with Crippen molar-refractivity contribution in [3.63, 3.8) is 0 Å². The summed E-state index contributed by atoms with van der Waals surface area (Å²) in [6.45, 7) is 5.95. The van der Waals surface area contributed by atoms with Crippen LogP contribution in [-0.4, -0.2) is 29.5 Å². The molecule has 0 saturated heterocycles. The van der Waals surface area contributed by atoms with E-state index in [4.69, 9.17) is 17.0 Å². The van der Waals surface area contributed by atoms with Gasteiger partial charge in [0.15, 0.2) is 5.11 Å². The maximum Gasteiger partial charge on any atom is 0.306 e. The summed E-state index contributed by atoms with van der Waals surface area (Å²) in [7, 11) is 0. The first kappa shape index (κ1) is 21.6. The highest BCUT2D eigenvalue weighted by Crippen LogP contribution is 2.14. The van der Waals surface area contributed by atoms with Gasteiger partial charge in [-0.15, -0.1) is 0 Å². The molecule has 0 aliphatic heterocycles. The van der Waals surface area contributed by atoms with Gasteiger partial charge in [0.05, 0.1) is 13.0 Å². The second kappa shape index (κ2) is 11.2. The van der Waals surface area contributed by atoms with Gasteiger partial charge in [-0.1, -0.05) is 13.8 Å². The van der Waals surface area contributed by atoms with E-state index >= 15 is 0 Å². The van der Waals surface area contributed by atoms with E-state index in [0.717, 1.165) is 0 Å². The van der Waals surface area contributed by atoms with Crippen LogP contribution in [0, 0.1) is 5.92 Å². The third-order valence-corrected chi connectivity index (χ3v) is 3.34. The maximum atomic E-state index is 11.7. The van der Waals surface area contributed by atoms with Crippen LogP contribution in [0.2, 0.25) is 0 Å². The zero-order valence-electron chi connectivity index (χ0n) is 15.3. The first-order chi connectivity index (χ1) is 12.3. The molecule has 1 rings (SSSR count). The molecule has 0 spiro atoms. The average molecular weight is 379 g/mol. The summed E-state index contributed by atoms with van der Waals surface area (Å²) >= 11 is 5.06. The minimum atomic E-state index is -0.420. The lowest BCUT2D eigenvalue weighted by Gasteiger charge is -2.11. The summed E-state index contributed by atoms with van der Waals surface area (Å²) in [5.41, 5.74) is 1.35. The first-order valence-corrected chi connectivity index (χ1v) is 8.87. The van der Waals surface area contributed by atoms with Gasteiger partial charge >= 0.3 is 5.97 Å². The van der Waals surface area contributed by atoms with Crippen LogP contribution in [0.1, 0.15) is 40.0 Å². The number of benzene rings is 1. The fourth-order valence-corrected chi connectivity index (χ4v) is 2.25. The summed E-state index contributed by atoms with van der Waals surface area (Å²) in [5, 5.41) is 8.31. The minimum absolute atomic E-state index is 0.00146. The van der Waals surface area contributed by atoms with Gasteiger partial charge in [-0.3, -0.25) is 14.4 Å². The Labute approximate surface area is 158 Å². The Morgan fingerprint density at radius 2 is 1.58 bits per heavy atom. The molecule has 0 aliphatic rings. The van der Waals surface area contributed by atoms with E-state index in [0.29, 0.717) is 23.7 Å². The van der Waals surface area contributed by atoms with Gasteiger partial charge in [0.25, 0.3) is 0 Å². The molecule has 0 atom stereocenters. The van der Waals surface area contributed by atoms with Crippen molar-refractivity contribution < 1.29 is 19.1 Å². The number of ether oxygens (including phenoxy) is 1. The summed E-state index contributed by atoms with van der Waals surface area (Å²) in [6, 6.07) is 6.96. The smallest absolute Gasteiger partial charge is 0.306 e. The van der Waals surface area contributed by atoms with Gasteiger partial charge in [-0.05, 0) is 49.3 Å². The average Bonchev–Trinajstić information content (AvgIpc) is 2.54. The SMILES string of the molecule is CCOC(=O)CCC(=O)NC(=S)Nc1ccc(NC(=O)CC(C)C)cc1. The Hall–Kier alpha value is -2.48. The van der Waals surface area contributed by atoms with Gasteiger partial charge in [0.1, 0.15) is 0 Å². The topological polar surface area (TPSA) is 96.5 Å². The molecule has 0 fully saturated rings. The normalized spacial score (nSPS) is 10.2. The van der Waals surface area contributed by atoms with Crippen molar-refractivity contribution in [3.8, 4) is 0 Å². The molecule has 142 valence electrons. The van der Waals surface area contributed by atoms with Crippen LogP contribution in [0.15, 0.2) is 24.3 Å². The number of nitrogens with one attached hydrogen (secondary N) is 3. The molecule has 26 heavy (non-hydrogen) atoms. The van der Waals surface area contributed by atoms with Crippen LogP contribution in [0.3, 0.4) is 0 Å². The Balaban J connectivity index is 2.41. The predicted octanol–water partition coefficient (Wildman–Crippen LogP) is 2.83. The number of thiocarbonyl (C=S) groups is 1. The number of carbonyl (C=O) groups is 3. The van der Waals surface area contributed by atoms with E-state index in [1.807, 2.05) is 13.8 Å². The number of anilines is 2. The minimum Gasteiger partial charge on any atom is -0.466 e. The predicted molar refractivity (Wildman–Crippen MR) is 105 cm³/mol. The Kier molecular flexibility index (Phi) is 9.29. The molecule has 0 aromatic heterocycles. The molecule has 1 aromatic carbocycles. The number of hydrogen-bond donors (Lipinski definition) is 3. The van der Waals surface area contributed by atoms with Crippen LogP contribution in [0.4, 0.5) is 11.4 Å². The van der Waals surface area contributed by atoms with Crippen molar-refractivity contribution >= 4 is 46.5 Å². The van der Waals surface area contributed by atoms with Crippen LogP contribution in [0.25, 0.3) is 0 Å². The van der Waals surface area contributed by atoms with Gasteiger partial charge < -0.3 is 20.7 Å². The van der Waals surface area contributed by atoms with E-state index < -0.39 is 5.97 Å². The molecule has 1 aromatic rings.